The number of nitrogens with one attached hydrogen (secondary N) is 1. The molecule has 0 atom stereocenters. The van der Waals surface area contributed by atoms with Crippen LogP contribution in [0.5, 0.6) is 11.5 Å². The van der Waals surface area contributed by atoms with E-state index in [0.29, 0.717) is 43.1 Å². The Morgan fingerprint density at radius 3 is 2.80 bits per heavy atom. The number of sulfone groups is 1. The normalized spacial score (nSPS) is 15.0. The molecule has 0 amide bonds. The molecule has 2 N–H and O–H groups in total. The SMILES string of the molecule is COc1ccc(CN2CCc3c(nc(S(C)(=O)=O)[nH]c3=O)C2)c(O)c1. The van der Waals surface area contributed by atoms with Gasteiger partial charge >= 0.3 is 0 Å². The zero-order chi connectivity index (χ0) is 18.2. The molecule has 0 spiro atoms. The van der Waals surface area contributed by atoms with Crippen LogP contribution in [0.2, 0.25) is 0 Å². The summed E-state index contributed by atoms with van der Waals surface area (Å²) in [5.74, 6) is 0.692. The molecule has 25 heavy (non-hydrogen) atoms. The lowest BCUT2D eigenvalue weighted by Crippen LogP contribution is -2.35. The number of phenolic OH excluding ortho intramolecular Hbond substituents is 1. The van der Waals surface area contributed by atoms with Crippen LogP contribution < -0.4 is 10.3 Å². The van der Waals surface area contributed by atoms with Crippen molar-refractivity contribution in [3.05, 3.63) is 45.4 Å². The summed E-state index contributed by atoms with van der Waals surface area (Å²) < 4.78 is 28.4. The van der Waals surface area contributed by atoms with E-state index < -0.39 is 15.4 Å². The van der Waals surface area contributed by atoms with Crippen molar-refractivity contribution in [2.75, 3.05) is 19.9 Å². The van der Waals surface area contributed by atoms with Crippen molar-refractivity contribution >= 4 is 9.84 Å². The van der Waals surface area contributed by atoms with Crippen molar-refractivity contribution in [1.82, 2.24) is 14.9 Å². The molecule has 0 aliphatic carbocycles. The predicted octanol–water partition coefficient (Wildman–Crippen LogP) is 0.446. The predicted molar refractivity (Wildman–Crippen MR) is 90.4 cm³/mol. The highest BCUT2D eigenvalue weighted by atomic mass is 32.2. The standard InChI is InChI=1S/C16H19N3O5S/c1-24-11-4-3-10(14(20)7-11)8-19-6-5-12-13(9-19)17-16(18-15(12)21)25(2,22)23/h3-4,7,20H,5-6,8-9H2,1-2H3,(H,17,18,21). The fourth-order valence-electron chi connectivity index (χ4n) is 2.83. The van der Waals surface area contributed by atoms with Gasteiger partial charge in [0, 0.05) is 43.1 Å². The molecule has 0 fully saturated rings. The lowest BCUT2D eigenvalue weighted by atomic mass is 10.1. The van der Waals surface area contributed by atoms with Gasteiger partial charge in [0.2, 0.25) is 15.0 Å². The minimum atomic E-state index is -3.59. The maximum atomic E-state index is 12.1. The summed E-state index contributed by atoms with van der Waals surface area (Å²) >= 11 is 0. The zero-order valence-electron chi connectivity index (χ0n) is 13.9. The van der Waals surface area contributed by atoms with Crippen molar-refractivity contribution in [2.45, 2.75) is 24.7 Å². The quantitative estimate of drug-likeness (QED) is 0.756. The molecule has 1 aliphatic rings. The third kappa shape index (κ3) is 3.67. The molecule has 1 aromatic carbocycles. The van der Waals surface area contributed by atoms with Crippen LogP contribution in [0.15, 0.2) is 28.2 Å². The second-order valence-electron chi connectivity index (χ2n) is 6.02. The summed E-state index contributed by atoms with van der Waals surface area (Å²) in [4.78, 5) is 20.5. The van der Waals surface area contributed by atoms with Gasteiger partial charge in [-0.3, -0.25) is 14.7 Å². The van der Waals surface area contributed by atoms with Crippen molar-refractivity contribution < 1.29 is 18.3 Å². The average Bonchev–Trinajstić information content (AvgIpc) is 2.55. The van der Waals surface area contributed by atoms with Crippen LogP contribution in [0.1, 0.15) is 16.8 Å². The van der Waals surface area contributed by atoms with Gasteiger partial charge in [-0.15, -0.1) is 0 Å². The second-order valence-corrected chi connectivity index (χ2v) is 7.95. The van der Waals surface area contributed by atoms with Crippen LogP contribution in [0.25, 0.3) is 0 Å². The summed E-state index contributed by atoms with van der Waals surface area (Å²) in [5.41, 5.74) is 1.29. The molecule has 0 bridgehead atoms. The molecular formula is C16H19N3O5S. The smallest absolute Gasteiger partial charge is 0.255 e. The molecule has 0 radical (unpaired) electrons. The van der Waals surface area contributed by atoms with Gasteiger partial charge in [-0.25, -0.2) is 13.4 Å². The van der Waals surface area contributed by atoms with Gasteiger partial charge in [-0.1, -0.05) is 6.07 Å². The average molecular weight is 365 g/mol. The number of ether oxygens (including phenoxy) is 1. The Kier molecular flexibility index (Phi) is 4.53. The van der Waals surface area contributed by atoms with E-state index in [-0.39, 0.29) is 10.9 Å². The zero-order valence-corrected chi connectivity index (χ0v) is 14.8. The molecule has 3 rings (SSSR count). The number of hydrogen-bond donors (Lipinski definition) is 2. The molecule has 2 heterocycles. The van der Waals surface area contributed by atoms with E-state index >= 15 is 0 Å². The lowest BCUT2D eigenvalue weighted by molar-refractivity contribution is 0.236. The number of fused-ring (bicyclic) bond motifs is 1. The van der Waals surface area contributed by atoms with E-state index in [0.717, 1.165) is 11.8 Å². The summed E-state index contributed by atoms with van der Waals surface area (Å²) in [7, 11) is -2.06. The molecule has 0 saturated heterocycles. The Morgan fingerprint density at radius 1 is 1.40 bits per heavy atom. The molecule has 8 nitrogen and oxygen atoms in total. The molecular weight excluding hydrogens is 346 g/mol. The van der Waals surface area contributed by atoms with E-state index in [4.69, 9.17) is 4.74 Å². The van der Waals surface area contributed by atoms with Gasteiger partial charge in [0.15, 0.2) is 0 Å². The second kappa shape index (κ2) is 6.49. The van der Waals surface area contributed by atoms with Crippen LogP contribution in [0, 0.1) is 0 Å². The van der Waals surface area contributed by atoms with Crippen LogP contribution in [-0.4, -0.2) is 48.3 Å². The largest absolute Gasteiger partial charge is 0.507 e. The molecule has 2 aromatic rings. The number of nitrogens with zero attached hydrogens (tertiary/aromatic N) is 2. The highest BCUT2D eigenvalue weighted by molar-refractivity contribution is 7.90. The monoisotopic (exact) mass is 365 g/mol. The minimum absolute atomic E-state index is 0.126. The Hall–Kier alpha value is -2.39. The van der Waals surface area contributed by atoms with E-state index in [9.17, 15) is 18.3 Å². The van der Waals surface area contributed by atoms with Crippen LogP contribution in [0.3, 0.4) is 0 Å². The number of aromatic nitrogens is 2. The highest BCUT2D eigenvalue weighted by Crippen LogP contribution is 2.26. The summed E-state index contributed by atoms with van der Waals surface area (Å²) in [5, 5.41) is 9.77. The first-order valence-corrected chi connectivity index (χ1v) is 9.57. The molecule has 1 aromatic heterocycles. The molecule has 0 saturated carbocycles. The number of aromatic hydroxyl groups is 1. The lowest BCUT2D eigenvalue weighted by Gasteiger charge is -2.27. The Morgan fingerprint density at radius 2 is 2.16 bits per heavy atom. The Labute approximate surface area is 145 Å². The minimum Gasteiger partial charge on any atom is -0.507 e. The third-order valence-corrected chi connectivity index (χ3v) is 5.06. The summed E-state index contributed by atoms with van der Waals surface area (Å²) in [6.45, 7) is 1.41. The summed E-state index contributed by atoms with van der Waals surface area (Å²) in [6, 6.07) is 5.08. The van der Waals surface area contributed by atoms with Crippen molar-refractivity contribution in [3.63, 3.8) is 0 Å². The van der Waals surface area contributed by atoms with E-state index in [1.165, 1.54) is 13.2 Å². The van der Waals surface area contributed by atoms with Gasteiger partial charge in [0.25, 0.3) is 5.56 Å². The van der Waals surface area contributed by atoms with Crippen molar-refractivity contribution in [3.8, 4) is 11.5 Å². The molecule has 134 valence electrons. The maximum Gasteiger partial charge on any atom is 0.255 e. The number of aromatic amines is 1. The van der Waals surface area contributed by atoms with E-state index in [2.05, 4.69) is 9.97 Å². The number of H-pyrrole nitrogens is 1. The third-order valence-electron chi connectivity index (χ3n) is 4.17. The number of phenols is 1. The topological polar surface area (TPSA) is 113 Å². The number of hydrogen-bond acceptors (Lipinski definition) is 7. The number of benzene rings is 1. The first-order valence-electron chi connectivity index (χ1n) is 7.68. The van der Waals surface area contributed by atoms with E-state index in [1.807, 2.05) is 4.90 Å². The number of rotatable bonds is 4. The number of methoxy groups -OCH3 is 1. The Bertz CT molecular complexity index is 968. The maximum absolute atomic E-state index is 12.1. The van der Waals surface area contributed by atoms with Gasteiger partial charge in [0.05, 0.1) is 12.8 Å². The van der Waals surface area contributed by atoms with Crippen molar-refractivity contribution in [2.24, 2.45) is 0 Å². The molecule has 9 heteroatoms. The van der Waals surface area contributed by atoms with Crippen LogP contribution in [-0.2, 0) is 29.3 Å². The molecule has 0 unspecified atom stereocenters. The van der Waals surface area contributed by atoms with Gasteiger partial charge in [-0.05, 0) is 12.5 Å². The first-order chi connectivity index (χ1) is 11.8. The Balaban J connectivity index is 1.86. The fraction of sp³-hybridized carbons (Fsp3) is 0.375. The van der Waals surface area contributed by atoms with E-state index in [1.54, 1.807) is 12.1 Å². The van der Waals surface area contributed by atoms with Gasteiger partial charge in [0.1, 0.15) is 11.5 Å². The van der Waals surface area contributed by atoms with Gasteiger partial charge < -0.3 is 9.84 Å². The van der Waals surface area contributed by atoms with Gasteiger partial charge in [-0.2, -0.15) is 0 Å². The van der Waals surface area contributed by atoms with Crippen molar-refractivity contribution in [1.29, 1.82) is 0 Å². The van der Waals surface area contributed by atoms with Crippen LogP contribution in [0.4, 0.5) is 0 Å². The first kappa shape index (κ1) is 17.4. The van der Waals surface area contributed by atoms with Crippen LogP contribution >= 0.6 is 0 Å². The summed E-state index contributed by atoms with van der Waals surface area (Å²) in [6.07, 6.45) is 1.48. The fourth-order valence-corrected chi connectivity index (χ4v) is 3.38. The highest BCUT2D eigenvalue weighted by Gasteiger charge is 2.24. The molecule has 1 aliphatic heterocycles.